The molecular weight excluding hydrogens is 374 g/mol. The Kier molecular flexibility index (Phi) is 8.12. The number of rotatable bonds is 10. The average Bonchev–Trinajstić information content (AvgIpc) is 3.07. The maximum Gasteiger partial charge on any atom is 0.334 e. The minimum absolute atomic E-state index is 0.0255. The summed E-state index contributed by atoms with van der Waals surface area (Å²) in [5.41, 5.74) is 0.00537. The topological polar surface area (TPSA) is 95.7 Å². The van der Waals surface area contributed by atoms with Gasteiger partial charge in [-0.15, -0.1) is 0 Å². The summed E-state index contributed by atoms with van der Waals surface area (Å²) in [6.07, 6.45) is 5.47. The summed E-state index contributed by atoms with van der Waals surface area (Å²) in [4.78, 5) is 35.8. The van der Waals surface area contributed by atoms with Crippen molar-refractivity contribution in [3.8, 4) is 0 Å². The fourth-order valence-electron chi connectivity index (χ4n) is 3.73. The molecule has 29 heavy (non-hydrogen) atoms. The van der Waals surface area contributed by atoms with E-state index in [1.807, 2.05) is 30.3 Å². The highest BCUT2D eigenvalue weighted by Crippen LogP contribution is 2.44. The summed E-state index contributed by atoms with van der Waals surface area (Å²) < 4.78 is 9.97. The van der Waals surface area contributed by atoms with Gasteiger partial charge in [0.2, 0.25) is 5.54 Å². The molecule has 1 aromatic carbocycles. The summed E-state index contributed by atoms with van der Waals surface area (Å²) in [5, 5.41) is 12.1. The molecule has 0 bridgehead atoms. The average molecular weight is 401 g/mol. The van der Waals surface area contributed by atoms with Crippen LogP contribution in [0.3, 0.4) is 0 Å². The minimum Gasteiger partial charge on any atom is -0.463 e. The van der Waals surface area contributed by atoms with Crippen molar-refractivity contribution >= 4 is 11.9 Å². The number of hydrogen-bond donors (Lipinski definition) is 0. The van der Waals surface area contributed by atoms with Crippen LogP contribution in [0.5, 0.6) is 0 Å². The van der Waals surface area contributed by atoms with E-state index in [0.717, 1.165) is 5.56 Å². The van der Waals surface area contributed by atoms with E-state index >= 15 is 0 Å². The number of benzene rings is 1. The smallest absolute Gasteiger partial charge is 0.334 e. The zero-order chi connectivity index (χ0) is 21.3. The van der Waals surface area contributed by atoms with E-state index in [-0.39, 0.29) is 31.0 Å². The summed E-state index contributed by atoms with van der Waals surface area (Å²) in [6, 6.07) is 9.64. The number of carbonyl (C=O) groups is 2. The Morgan fingerprint density at radius 1 is 1.21 bits per heavy atom. The Hall–Kier alpha value is -2.96. The monoisotopic (exact) mass is 401 g/mol. The standard InChI is InChI=1S/C22H27NO6/c1-3-28-20(24)11-8-15-22(23(26)27)16-14-18(21(25)29-4-2)19(22)13-12-17-9-6-5-7-10-17/h5-11,14,19H,3-4,12-13,15-16H2,1-2H3/b11-8+/t19-,22+/m1/s1. The van der Waals surface area contributed by atoms with Crippen molar-refractivity contribution in [2.75, 3.05) is 13.2 Å². The predicted octanol–water partition coefficient (Wildman–Crippen LogP) is 3.65. The Bertz CT molecular complexity index is 786. The summed E-state index contributed by atoms with van der Waals surface area (Å²) in [5.74, 6) is -1.66. The van der Waals surface area contributed by atoms with Crippen LogP contribution in [-0.2, 0) is 25.5 Å². The molecule has 1 aliphatic carbocycles. The second-order valence-corrected chi connectivity index (χ2v) is 6.88. The Morgan fingerprint density at radius 2 is 1.90 bits per heavy atom. The summed E-state index contributed by atoms with van der Waals surface area (Å²) in [7, 11) is 0. The first-order valence-electron chi connectivity index (χ1n) is 9.83. The van der Waals surface area contributed by atoms with Crippen LogP contribution in [0, 0.1) is 16.0 Å². The van der Waals surface area contributed by atoms with E-state index in [1.165, 1.54) is 12.2 Å². The van der Waals surface area contributed by atoms with Crippen molar-refractivity contribution in [3.63, 3.8) is 0 Å². The Labute approximate surface area is 170 Å². The summed E-state index contributed by atoms with van der Waals surface area (Å²) in [6.45, 7) is 3.83. The molecule has 0 aromatic heterocycles. The van der Waals surface area contributed by atoms with E-state index in [0.29, 0.717) is 18.4 Å². The fourth-order valence-corrected chi connectivity index (χ4v) is 3.73. The van der Waals surface area contributed by atoms with Gasteiger partial charge in [0.1, 0.15) is 0 Å². The van der Waals surface area contributed by atoms with E-state index < -0.39 is 23.4 Å². The van der Waals surface area contributed by atoms with Crippen molar-refractivity contribution < 1.29 is 24.0 Å². The van der Waals surface area contributed by atoms with Crippen molar-refractivity contribution in [1.82, 2.24) is 0 Å². The third-order valence-corrected chi connectivity index (χ3v) is 5.15. The van der Waals surface area contributed by atoms with Crippen LogP contribution in [0.4, 0.5) is 0 Å². The molecule has 0 unspecified atom stereocenters. The molecule has 0 amide bonds. The highest BCUT2D eigenvalue weighted by atomic mass is 16.6. The molecule has 0 saturated heterocycles. The number of ether oxygens (including phenoxy) is 2. The first kappa shape index (κ1) is 22.3. The highest BCUT2D eigenvalue weighted by Gasteiger charge is 2.55. The molecule has 0 fully saturated rings. The van der Waals surface area contributed by atoms with E-state index in [9.17, 15) is 19.7 Å². The van der Waals surface area contributed by atoms with Gasteiger partial charge in [-0.25, -0.2) is 9.59 Å². The van der Waals surface area contributed by atoms with Crippen LogP contribution in [0.15, 0.2) is 54.1 Å². The molecule has 7 nitrogen and oxygen atoms in total. The number of carbonyl (C=O) groups excluding carboxylic acids is 2. The van der Waals surface area contributed by atoms with Gasteiger partial charge in [-0.2, -0.15) is 0 Å². The maximum absolute atomic E-state index is 12.4. The first-order chi connectivity index (χ1) is 13.9. The maximum atomic E-state index is 12.4. The quantitative estimate of drug-likeness (QED) is 0.257. The molecular formula is C22H27NO6. The van der Waals surface area contributed by atoms with Crippen LogP contribution in [0.2, 0.25) is 0 Å². The highest BCUT2D eigenvalue weighted by molar-refractivity contribution is 5.90. The second kappa shape index (κ2) is 10.5. The van der Waals surface area contributed by atoms with Gasteiger partial charge in [0.15, 0.2) is 0 Å². The fraction of sp³-hybridized carbons (Fsp3) is 0.455. The van der Waals surface area contributed by atoms with Gasteiger partial charge in [0.05, 0.1) is 19.1 Å². The minimum atomic E-state index is -1.39. The van der Waals surface area contributed by atoms with E-state index in [4.69, 9.17) is 9.47 Å². The van der Waals surface area contributed by atoms with Gasteiger partial charge < -0.3 is 9.47 Å². The van der Waals surface area contributed by atoms with Crippen LogP contribution < -0.4 is 0 Å². The molecule has 2 rings (SSSR count). The molecule has 0 spiro atoms. The van der Waals surface area contributed by atoms with Crippen molar-refractivity contribution in [3.05, 3.63) is 69.8 Å². The molecule has 0 N–H and O–H groups in total. The van der Waals surface area contributed by atoms with E-state index in [2.05, 4.69) is 0 Å². The van der Waals surface area contributed by atoms with Gasteiger partial charge in [-0.3, -0.25) is 10.1 Å². The van der Waals surface area contributed by atoms with Crippen molar-refractivity contribution in [2.24, 2.45) is 5.92 Å². The third-order valence-electron chi connectivity index (χ3n) is 5.15. The largest absolute Gasteiger partial charge is 0.463 e. The molecule has 7 heteroatoms. The molecule has 2 atom stereocenters. The van der Waals surface area contributed by atoms with Gasteiger partial charge >= 0.3 is 11.9 Å². The number of nitro groups is 1. The molecule has 1 aromatic rings. The van der Waals surface area contributed by atoms with Crippen molar-refractivity contribution in [2.45, 2.75) is 45.1 Å². The lowest BCUT2D eigenvalue weighted by molar-refractivity contribution is -0.575. The molecule has 1 aliphatic rings. The SMILES string of the molecule is CCOC(=O)/C=C/C[C@]1([N+](=O)[O-])CC=C(C(=O)OCC)[C@H]1CCc1ccccc1. The zero-order valence-corrected chi connectivity index (χ0v) is 16.8. The lowest BCUT2D eigenvalue weighted by atomic mass is 9.77. The third kappa shape index (κ3) is 5.53. The van der Waals surface area contributed by atoms with Crippen LogP contribution in [0.1, 0.15) is 38.7 Å². The molecule has 0 heterocycles. The molecule has 0 radical (unpaired) electrons. The van der Waals surface area contributed by atoms with Crippen LogP contribution in [0.25, 0.3) is 0 Å². The predicted molar refractivity (Wildman–Crippen MR) is 108 cm³/mol. The Morgan fingerprint density at radius 3 is 2.52 bits per heavy atom. The number of esters is 2. The van der Waals surface area contributed by atoms with Gasteiger partial charge in [-0.1, -0.05) is 42.5 Å². The molecule has 156 valence electrons. The zero-order valence-electron chi connectivity index (χ0n) is 16.8. The van der Waals surface area contributed by atoms with Crippen LogP contribution in [-0.4, -0.2) is 35.6 Å². The number of nitrogens with zero attached hydrogens (tertiary/aromatic N) is 1. The lowest BCUT2D eigenvalue weighted by Crippen LogP contribution is -2.44. The van der Waals surface area contributed by atoms with Crippen molar-refractivity contribution in [1.29, 1.82) is 0 Å². The van der Waals surface area contributed by atoms with Gasteiger partial charge in [0.25, 0.3) is 0 Å². The number of aryl methyl sites for hydroxylation is 1. The molecule has 0 saturated carbocycles. The normalized spacial score (nSPS) is 21.0. The Balaban J connectivity index is 2.27. The first-order valence-corrected chi connectivity index (χ1v) is 9.83. The lowest BCUT2D eigenvalue weighted by Gasteiger charge is -2.28. The van der Waals surface area contributed by atoms with E-state index in [1.54, 1.807) is 19.9 Å². The number of hydrogen-bond acceptors (Lipinski definition) is 6. The van der Waals surface area contributed by atoms with Gasteiger partial charge in [-0.05, 0) is 32.3 Å². The van der Waals surface area contributed by atoms with Gasteiger partial charge in [0, 0.05) is 29.4 Å². The van der Waals surface area contributed by atoms with Crippen LogP contribution >= 0.6 is 0 Å². The second-order valence-electron chi connectivity index (χ2n) is 6.88. The molecule has 0 aliphatic heterocycles. The summed E-state index contributed by atoms with van der Waals surface area (Å²) >= 11 is 0.